The van der Waals surface area contributed by atoms with Gasteiger partial charge >= 0.3 is 11.7 Å². The largest absolute Gasteiger partial charge is 0.419 e. The summed E-state index contributed by atoms with van der Waals surface area (Å²) in [5.41, 5.74) is 0.109. The minimum absolute atomic E-state index is 0.165. The Labute approximate surface area is 101 Å². The summed E-state index contributed by atoms with van der Waals surface area (Å²) in [7, 11) is 0. The van der Waals surface area contributed by atoms with E-state index in [4.69, 9.17) is 27.9 Å². The summed E-state index contributed by atoms with van der Waals surface area (Å²) in [6, 6.07) is 3.85. The molecular weight excluding hydrogens is 257 g/mol. The van der Waals surface area contributed by atoms with E-state index in [1.54, 1.807) is 0 Å². The molecule has 7 heteroatoms. The highest BCUT2D eigenvalue weighted by molar-refractivity contribution is 6.44. The van der Waals surface area contributed by atoms with Gasteiger partial charge in [0.15, 0.2) is 0 Å². The summed E-state index contributed by atoms with van der Waals surface area (Å²) in [6.07, 6.45) is 0. The smallest absolute Gasteiger partial charge is 0.311 e. The van der Waals surface area contributed by atoms with Gasteiger partial charge in [-0.25, -0.2) is 0 Å². The number of hydrogen-bond donors (Lipinski definition) is 0. The Balaban J connectivity index is 3.20. The van der Waals surface area contributed by atoms with Crippen LogP contribution in [0.1, 0.15) is 17.3 Å². The van der Waals surface area contributed by atoms with Crippen molar-refractivity contribution >= 4 is 34.9 Å². The van der Waals surface area contributed by atoms with E-state index in [1.807, 2.05) is 0 Å². The topological polar surface area (TPSA) is 69.4 Å². The van der Waals surface area contributed by atoms with E-state index in [2.05, 4.69) is 0 Å². The average Bonchev–Trinajstić information content (AvgIpc) is 2.15. The molecule has 5 nitrogen and oxygen atoms in total. The third kappa shape index (κ3) is 3.08. The van der Waals surface area contributed by atoms with Gasteiger partial charge in [0, 0.05) is 13.0 Å². The number of nitro benzene ring substituents is 1. The molecule has 0 spiro atoms. The van der Waals surface area contributed by atoms with Crippen molar-refractivity contribution in [3.8, 4) is 5.75 Å². The Morgan fingerprint density at radius 3 is 2.56 bits per heavy atom. The first-order valence-electron chi connectivity index (χ1n) is 4.16. The lowest BCUT2D eigenvalue weighted by Crippen LogP contribution is -2.04. The molecule has 1 rings (SSSR count). The zero-order valence-corrected chi connectivity index (χ0v) is 9.66. The zero-order valence-electron chi connectivity index (χ0n) is 8.15. The monoisotopic (exact) mass is 263 g/mol. The number of alkyl halides is 2. The lowest BCUT2D eigenvalue weighted by atomic mass is 10.2. The van der Waals surface area contributed by atoms with Crippen molar-refractivity contribution in [2.75, 3.05) is 0 Å². The van der Waals surface area contributed by atoms with Gasteiger partial charge in [0.1, 0.15) is 4.84 Å². The predicted molar refractivity (Wildman–Crippen MR) is 58.9 cm³/mol. The van der Waals surface area contributed by atoms with Gasteiger partial charge in [0.2, 0.25) is 5.75 Å². The molecule has 0 atom stereocenters. The number of esters is 1. The Morgan fingerprint density at radius 2 is 2.12 bits per heavy atom. The molecule has 0 fully saturated rings. The van der Waals surface area contributed by atoms with E-state index in [0.717, 1.165) is 6.92 Å². The maximum absolute atomic E-state index is 10.8. The van der Waals surface area contributed by atoms with Gasteiger partial charge in [-0.15, -0.1) is 23.2 Å². The van der Waals surface area contributed by atoms with E-state index in [1.165, 1.54) is 18.2 Å². The van der Waals surface area contributed by atoms with Crippen LogP contribution in [0.15, 0.2) is 18.2 Å². The predicted octanol–water partition coefficient (Wildman–Crippen LogP) is 3.00. The van der Waals surface area contributed by atoms with Crippen molar-refractivity contribution in [3.05, 3.63) is 33.9 Å². The molecule has 0 aliphatic carbocycles. The van der Waals surface area contributed by atoms with Crippen LogP contribution in [0.25, 0.3) is 0 Å². The highest BCUT2D eigenvalue weighted by atomic mass is 35.5. The van der Waals surface area contributed by atoms with Gasteiger partial charge in [-0.2, -0.15) is 0 Å². The standard InChI is InChI=1S/C9H7Cl2NO4/c1-5(13)16-8-4-6(9(10)11)2-3-7(8)12(14)15/h2-4,9H,1H3. The van der Waals surface area contributed by atoms with Crippen LogP contribution >= 0.6 is 23.2 Å². The summed E-state index contributed by atoms with van der Waals surface area (Å²) in [4.78, 5) is 19.9. The van der Waals surface area contributed by atoms with E-state index >= 15 is 0 Å². The van der Waals surface area contributed by atoms with Crippen LogP contribution in [-0.2, 0) is 4.79 Å². The van der Waals surface area contributed by atoms with Crippen LogP contribution in [0.4, 0.5) is 5.69 Å². The number of halogens is 2. The van der Waals surface area contributed by atoms with Crippen molar-refractivity contribution in [1.82, 2.24) is 0 Å². The SMILES string of the molecule is CC(=O)Oc1cc(C(Cl)Cl)ccc1[N+](=O)[O-]. The molecule has 0 aromatic heterocycles. The van der Waals surface area contributed by atoms with Gasteiger partial charge in [-0.1, -0.05) is 0 Å². The van der Waals surface area contributed by atoms with Gasteiger partial charge < -0.3 is 4.74 Å². The molecule has 0 bridgehead atoms. The van der Waals surface area contributed by atoms with Crippen LogP contribution in [0.5, 0.6) is 5.75 Å². The fraction of sp³-hybridized carbons (Fsp3) is 0.222. The summed E-state index contributed by atoms with van der Waals surface area (Å²) < 4.78 is 4.70. The Hall–Kier alpha value is -1.33. The molecule has 1 aromatic rings. The molecule has 1 aromatic carbocycles. The number of ether oxygens (including phenoxy) is 1. The molecule has 86 valence electrons. The second-order valence-electron chi connectivity index (χ2n) is 2.88. The van der Waals surface area contributed by atoms with Gasteiger partial charge in [0.05, 0.1) is 4.92 Å². The van der Waals surface area contributed by atoms with E-state index < -0.39 is 15.7 Å². The van der Waals surface area contributed by atoms with Crippen LogP contribution < -0.4 is 4.74 Å². The van der Waals surface area contributed by atoms with Crippen molar-refractivity contribution < 1.29 is 14.5 Å². The van der Waals surface area contributed by atoms with Crippen molar-refractivity contribution in [2.45, 2.75) is 11.8 Å². The quantitative estimate of drug-likeness (QED) is 0.276. The Bertz CT molecular complexity index is 434. The number of hydrogen-bond acceptors (Lipinski definition) is 4. The summed E-state index contributed by atoms with van der Waals surface area (Å²) in [5.74, 6) is -0.817. The molecule has 0 heterocycles. The summed E-state index contributed by atoms with van der Waals surface area (Å²) in [5, 5.41) is 10.6. The number of nitro groups is 1. The van der Waals surface area contributed by atoms with Crippen molar-refractivity contribution in [1.29, 1.82) is 0 Å². The average molecular weight is 264 g/mol. The van der Waals surface area contributed by atoms with Crippen LogP contribution in [0.2, 0.25) is 0 Å². The highest BCUT2D eigenvalue weighted by Gasteiger charge is 2.18. The first-order chi connectivity index (χ1) is 7.41. The van der Waals surface area contributed by atoms with Crippen LogP contribution in [0, 0.1) is 10.1 Å². The number of carbonyl (C=O) groups excluding carboxylic acids is 1. The van der Waals surface area contributed by atoms with E-state index in [9.17, 15) is 14.9 Å². The zero-order chi connectivity index (χ0) is 12.3. The minimum atomic E-state index is -0.838. The van der Waals surface area contributed by atoms with Crippen molar-refractivity contribution in [2.24, 2.45) is 0 Å². The molecule has 0 radical (unpaired) electrons. The number of benzene rings is 1. The second-order valence-corrected chi connectivity index (χ2v) is 3.97. The van der Waals surface area contributed by atoms with Gasteiger partial charge in [-0.05, 0) is 17.7 Å². The molecule has 0 amide bonds. The summed E-state index contributed by atoms with van der Waals surface area (Å²) >= 11 is 11.2. The normalized spacial score (nSPS) is 10.2. The Kier molecular flexibility index (Phi) is 4.09. The molecule has 0 unspecified atom stereocenters. The second kappa shape index (κ2) is 5.14. The van der Waals surface area contributed by atoms with Gasteiger partial charge in [0.25, 0.3) is 0 Å². The van der Waals surface area contributed by atoms with Crippen LogP contribution in [-0.4, -0.2) is 10.9 Å². The Morgan fingerprint density at radius 1 is 1.50 bits per heavy atom. The highest BCUT2D eigenvalue weighted by Crippen LogP contribution is 2.33. The molecule has 0 saturated heterocycles. The molecule has 0 aliphatic rings. The lowest BCUT2D eigenvalue weighted by Gasteiger charge is -2.06. The van der Waals surface area contributed by atoms with E-state index in [0.29, 0.717) is 5.56 Å². The minimum Gasteiger partial charge on any atom is -0.419 e. The molecule has 0 N–H and O–H groups in total. The first kappa shape index (κ1) is 12.7. The van der Waals surface area contributed by atoms with Crippen LogP contribution in [0.3, 0.4) is 0 Å². The number of rotatable bonds is 3. The number of nitrogens with zero attached hydrogens (tertiary/aromatic N) is 1. The lowest BCUT2D eigenvalue weighted by molar-refractivity contribution is -0.385. The third-order valence-electron chi connectivity index (χ3n) is 1.69. The third-order valence-corrected chi connectivity index (χ3v) is 2.19. The molecule has 0 saturated carbocycles. The maximum atomic E-state index is 10.8. The molecule has 16 heavy (non-hydrogen) atoms. The fourth-order valence-electron chi connectivity index (χ4n) is 1.05. The summed E-state index contributed by atoms with van der Waals surface area (Å²) in [6.45, 7) is 1.15. The van der Waals surface area contributed by atoms with Crippen molar-refractivity contribution in [3.63, 3.8) is 0 Å². The molecular formula is C9H7Cl2NO4. The van der Waals surface area contributed by atoms with E-state index in [-0.39, 0.29) is 11.4 Å². The number of carbonyl (C=O) groups is 1. The fourth-order valence-corrected chi connectivity index (χ4v) is 1.33. The maximum Gasteiger partial charge on any atom is 0.311 e. The van der Waals surface area contributed by atoms with Gasteiger partial charge in [-0.3, -0.25) is 14.9 Å². The molecule has 0 aliphatic heterocycles. The first-order valence-corrected chi connectivity index (χ1v) is 5.04.